The van der Waals surface area contributed by atoms with Crippen molar-refractivity contribution in [1.82, 2.24) is 19.8 Å². The number of anilines is 1. The smallest absolute Gasteiger partial charge is 0.257 e. The summed E-state index contributed by atoms with van der Waals surface area (Å²) in [6.45, 7) is 8.23. The highest BCUT2D eigenvalue weighted by Crippen LogP contribution is 2.15. The quantitative estimate of drug-likeness (QED) is 0.767. The van der Waals surface area contributed by atoms with E-state index in [0.717, 1.165) is 45.0 Å². The van der Waals surface area contributed by atoms with Crippen LogP contribution in [0.25, 0.3) is 0 Å². The number of ether oxygens (including phenoxy) is 1. The number of carbonyl (C=O) groups excluding carboxylic acids is 1. The molecule has 0 aliphatic carbocycles. The van der Waals surface area contributed by atoms with Crippen molar-refractivity contribution in [2.75, 3.05) is 64.4 Å². The molecule has 1 amide bonds. The Bertz CT molecular complexity index is 537. The van der Waals surface area contributed by atoms with Crippen LogP contribution in [0.3, 0.4) is 0 Å². The summed E-state index contributed by atoms with van der Waals surface area (Å²) in [4.78, 5) is 27.8. The first-order valence-corrected chi connectivity index (χ1v) is 7.79. The summed E-state index contributed by atoms with van der Waals surface area (Å²) in [5.74, 6) is 0.731. The Kier molecular flexibility index (Phi) is 4.54. The first-order chi connectivity index (χ1) is 10.6. The molecule has 7 nitrogen and oxygen atoms in total. The van der Waals surface area contributed by atoms with E-state index in [4.69, 9.17) is 4.74 Å². The van der Waals surface area contributed by atoms with Crippen LogP contribution in [0, 0.1) is 6.92 Å². The molecule has 0 saturated carbocycles. The lowest BCUT2D eigenvalue weighted by Gasteiger charge is -2.32. The molecule has 0 radical (unpaired) electrons. The molecule has 0 aromatic carbocycles. The molecular formula is C15H23N5O2. The van der Waals surface area contributed by atoms with Gasteiger partial charge >= 0.3 is 0 Å². The fourth-order valence-electron chi connectivity index (χ4n) is 2.76. The van der Waals surface area contributed by atoms with Crippen LogP contribution < -0.4 is 4.90 Å². The van der Waals surface area contributed by atoms with E-state index in [9.17, 15) is 4.79 Å². The first kappa shape index (κ1) is 15.2. The van der Waals surface area contributed by atoms with Crippen LogP contribution in [-0.4, -0.2) is 85.2 Å². The molecule has 0 bridgehead atoms. The molecule has 0 N–H and O–H groups in total. The number of nitrogens with zero attached hydrogens (tertiary/aromatic N) is 5. The largest absolute Gasteiger partial charge is 0.378 e. The molecule has 0 unspecified atom stereocenters. The van der Waals surface area contributed by atoms with Crippen LogP contribution in [-0.2, 0) is 4.74 Å². The van der Waals surface area contributed by atoms with E-state index in [1.54, 1.807) is 6.20 Å². The highest BCUT2D eigenvalue weighted by atomic mass is 16.5. The van der Waals surface area contributed by atoms with E-state index in [0.29, 0.717) is 24.7 Å². The summed E-state index contributed by atoms with van der Waals surface area (Å²) < 4.78 is 5.34. The van der Waals surface area contributed by atoms with E-state index >= 15 is 0 Å². The van der Waals surface area contributed by atoms with E-state index < -0.39 is 0 Å². The molecule has 22 heavy (non-hydrogen) atoms. The van der Waals surface area contributed by atoms with Crippen LogP contribution in [0.2, 0.25) is 0 Å². The number of carbonyl (C=O) groups is 1. The summed E-state index contributed by atoms with van der Waals surface area (Å²) in [7, 11) is 2.08. The number of aromatic nitrogens is 2. The number of likely N-dealkylation sites (N-methyl/N-ethyl adjacent to an activating group) is 1. The average molecular weight is 305 g/mol. The number of hydrogen-bond acceptors (Lipinski definition) is 6. The van der Waals surface area contributed by atoms with Gasteiger partial charge in [0.2, 0.25) is 5.95 Å². The van der Waals surface area contributed by atoms with Gasteiger partial charge in [-0.1, -0.05) is 0 Å². The third-order valence-electron chi connectivity index (χ3n) is 4.28. The molecule has 1 aromatic rings. The minimum absolute atomic E-state index is 0.0409. The van der Waals surface area contributed by atoms with Gasteiger partial charge in [0.05, 0.1) is 24.5 Å². The van der Waals surface area contributed by atoms with Gasteiger partial charge in [-0.25, -0.2) is 9.97 Å². The normalized spacial score (nSPS) is 20.3. The van der Waals surface area contributed by atoms with Gasteiger partial charge < -0.3 is 19.4 Å². The van der Waals surface area contributed by atoms with Crippen molar-refractivity contribution in [3.63, 3.8) is 0 Å². The highest BCUT2D eigenvalue weighted by Gasteiger charge is 2.23. The fourth-order valence-corrected chi connectivity index (χ4v) is 2.76. The van der Waals surface area contributed by atoms with Gasteiger partial charge in [-0.2, -0.15) is 0 Å². The maximum Gasteiger partial charge on any atom is 0.257 e. The third-order valence-corrected chi connectivity index (χ3v) is 4.28. The van der Waals surface area contributed by atoms with Gasteiger partial charge in [-0.05, 0) is 14.0 Å². The second-order valence-corrected chi connectivity index (χ2v) is 5.86. The molecule has 3 heterocycles. The topological polar surface area (TPSA) is 61.8 Å². The monoisotopic (exact) mass is 305 g/mol. The SMILES string of the molecule is Cc1nc(N2CCOCC2)ncc1C(=O)N1CCN(C)CC1. The Morgan fingerprint density at radius 1 is 1.14 bits per heavy atom. The van der Waals surface area contributed by atoms with Crippen molar-refractivity contribution < 1.29 is 9.53 Å². The van der Waals surface area contributed by atoms with Gasteiger partial charge in [-0.15, -0.1) is 0 Å². The van der Waals surface area contributed by atoms with E-state index in [2.05, 4.69) is 26.8 Å². The number of morpholine rings is 1. The Morgan fingerprint density at radius 2 is 1.82 bits per heavy atom. The zero-order valence-corrected chi connectivity index (χ0v) is 13.3. The van der Waals surface area contributed by atoms with Crippen molar-refractivity contribution in [3.05, 3.63) is 17.5 Å². The first-order valence-electron chi connectivity index (χ1n) is 7.79. The Hall–Kier alpha value is -1.73. The lowest BCUT2D eigenvalue weighted by molar-refractivity contribution is 0.0662. The predicted molar refractivity (Wildman–Crippen MR) is 83.2 cm³/mol. The fraction of sp³-hybridized carbons (Fsp3) is 0.667. The van der Waals surface area contributed by atoms with Crippen molar-refractivity contribution in [2.24, 2.45) is 0 Å². The molecule has 2 fully saturated rings. The van der Waals surface area contributed by atoms with Crippen molar-refractivity contribution in [2.45, 2.75) is 6.92 Å². The molecular weight excluding hydrogens is 282 g/mol. The van der Waals surface area contributed by atoms with Crippen LogP contribution >= 0.6 is 0 Å². The lowest BCUT2D eigenvalue weighted by atomic mass is 10.2. The van der Waals surface area contributed by atoms with E-state index in [1.807, 2.05) is 11.8 Å². The van der Waals surface area contributed by atoms with Gasteiger partial charge in [0, 0.05) is 45.5 Å². The molecule has 120 valence electrons. The molecule has 2 aliphatic heterocycles. The minimum atomic E-state index is 0.0409. The van der Waals surface area contributed by atoms with Crippen molar-refractivity contribution in [3.8, 4) is 0 Å². The summed E-state index contributed by atoms with van der Waals surface area (Å²) in [5.41, 5.74) is 1.36. The number of hydrogen-bond donors (Lipinski definition) is 0. The average Bonchev–Trinajstić information content (AvgIpc) is 2.56. The van der Waals surface area contributed by atoms with E-state index in [-0.39, 0.29) is 5.91 Å². The lowest BCUT2D eigenvalue weighted by Crippen LogP contribution is -2.47. The molecule has 3 rings (SSSR count). The molecule has 0 atom stereocenters. The number of rotatable bonds is 2. The number of amides is 1. The van der Waals surface area contributed by atoms with Crippen molar-refractivity contribution in [1.29, 1.82) is 0 Å². The maximum atomic E-state index is 12.6. The molecule has 1 aromatic heterocycles. The molecule has 2 aliphatic rings. The van der Waals surface area contributed by atoms with Gasteiger partial charge in [0.15, 0.2) is 0 Å². The minimum Gasteiger partial charge on any atom is -0.378 e. The summed E-state index contributed by atoms with van der Waals surface area (Å²) in [5, 5.41) is 0. The number of piperazine rings is 1. The second kappa shape index (κ2) is 6.58. The molecule has 2 saturated heterocycles. The Balaban J connectivity index is 1.72. The highest BCUT2D eigenvalue weighted by molar-refractivity contribution is 5.95. The maximum absolute atomic E-state index is 12.6. The zero-order chi connectivity index (χ0) is 15.5. The standard InChI is InChI=1S/C15H23N5O2/c1-12-13(14(21)19-5-3-18(2)4-6-19)11-16-15(17-12)20-7-9-22-10-8-20/h11H,3-10H2,1-2H3. The van der Waals surface area contributed by atoms with Gasteiger partial charge in [0.25, 0.3) is 5.91 Å². The van der Waals surface area contributed by atoms with Gasteiger partial charge in [0.1, 0.15) is 0 Å². The summed E-state index contributed by atoms with van der Waals surface area (Å²) >= 11 is 0. The van der Waals surface area contributed by atoms with Crippen LogP contribution in [0.15, 0.2) is 6.20 Å². The van der Waals surface area contributed by atoms with Crippen LogP contribution in [0.4, 0.5) is 5.95 Å². The van der Waals surface area contributed by atoms with Gasteiger partial charge in [-0.3, -0.25) is 4.79 Å². The predicted octanol–water partition coefficient (Wildman–Crippen LogP) is 0.00922. The number of aryl methyl sites for hydroxylation is 1. The summed E-state index contributed by atoms with van der Waals surface area (Å²) in [6.07, 6.45) is 1.67. The zero-order valence-electron chi connectivity index (χ0n) is 13.3. The second-order valence-electron chi connectivity index (χ2n) is 5.86. The van der Waals surface area contributed by atoms with E-state index in [1.165, 1.54) is 0 Å². The third kappa shape index (κ3) is 3.20. The van der Waals surface area contributed by atoms with Crippen LogP contribution in [0.5, 0.6) is 0 Å². The Morgan fingerprint density at radius 3 is 2.45 bits per heavy atom. The van der Waals surface area contributed by atoms with Crippen molar-refractivity contribution >= 4 is 11.9 Å². The molecule has 7 heteroatoms. The van der Waals surface area contributed by atoms with Crippen LogP contribution in [0.1, 0.15) is 16.1 Å². The Labute approximate surface area is 130 Å². The molecule has 0 spiro atoms. The summed E-state index contributed by atoms with van der Waals surface area (Å²) in [6, 6.07) is 0.